The van der Waals surface area contributed by atoms with Crippen LogP contribution < -0.4 is 5.32 Å². The number of amides is 1. The quantitative estimate of drug-likeness (QED) is 0.779. The molecule has 0 aliphatic rings. The highest BCUT2D eigenvalue weighted by Gasteiger charge is 2.20. The lowest BCUT2D eigenvalue weighted by atomic mass is 10.0. The van der Waals surface area contributed by atoms with Gasteiger partial charge in [0.15, 0.2) is 0 Å². The maximum atomic E-state index is 11.5. The molecule has 7 heteroatoms. The molecule has 2 unspecified atom stereocenters. The molecule has 3 N–H and O–H groups in total. The van der Waals surface area contributed by atoms with Gasteiger partial charge in [-0.1, -0.05) is 6.07 Å². The van der Waals surface area contributed by atoms with Gasteiger partial charge >= 0.3 is 6.09 Å². The molecule has 0 saturated heterocycles. The molecule has 0 saturated carbocycles. The fraction of sp³-hybridized carbons (Fsp3) is 0.500. The summed E-state index contributed by atoms with van der Waals surface area (Å²) in [5.41, 5.74) is 2.67. The average Bonchev–Trinajstić information content (AvgIpc) is 2.91. The Bertz CT molecular complexity index is 665. The monoisotopic (exact) mass is 338 g/mol. The summed E-state index contributed by atoms with van der Waals surface area (Å²) in [5, 5.41) is 22.9. The number of carbonyl (C=O) groups excluding carboxylic acids is 1. The first-order valence-corrected chi connectivity index (χ1v) is 8.30. The average molecular weight is 338 g/mol. The number of aliphatic hydroxyl groups excluding tert-OH is 2. The molecule has 0 radical (unpaired) electrons. The molecule has 0 bridgehead atoms. The van der Waals surface area contributed by atoms with Gasteiger partial charge in [0.05, 0.1) is 21.8 Å². The fourth-order valence-corrected chi connectivity index (χ4v) is 2.80. The normalized spacial score (nSPS) is 14.5. The Morgan fingerprint density at radius 3 is 2.83 bits per heavy atom. The molecule has 23 heavy (non-hydrogen) atoms. The van der Waals surface area contributed by atoms with E-state index >= 15 is 0 Å². The maximum Gasteiger partial charge on any atom is 0.407 e. The van der Waals surface area contributed by atoms with E-state index in [0.717, 1.165) is 10.2 Å². The maximum absolute atomic E-state index is 11.5. The Morgan fingerprint density at radius 1 is 1.39 bits per heavy atom. The summed E-state index contributed by atoms with van der Waals surface area (Å²) in [4.78, 5) is 15.7. The van der Waals surface area contributed by atoms with Crippen molar-refractivity contribution in [2.45, 2.75) is 45.0 Å². The molecule has 1 amide bonds. The summed E-state index contributed by atoms with van der Waals surface area (Å²) in [5.74, 6) is 0. The van der Waals surface area contributed by atoms with Crippen LogP contribution in [0.4, 0.5) is 4.79 Å². The first-order valence-electron chi connectivity index (χ1n) is 7.42. The second-order valence-corrected chi connectivity index (χ2v) is 7.20. The lowest BCUT2D eigenvalue weighted by Crippen LogP contribution is -2.34. The van der Waals surface area contributed by atoms with Gasteiger partial charge in [-0.3, -0.25) is 0 Å². The largest absolute Gasteiger partial charge is 0.444 e. The summed E-state index contributed by atoms with van der Waals surface area (Å²) in [6.07, 6.45) is -2.30. The summed E-state index contributed by atoms with van der Waals surface area (Å²) in [7, 11) is 0. The number of aromatic nitrogens is 1. The van der Waals surface area contributed by atoms with Crippen molar-refractivity contribution in [2.75, 3.05) is 6.54 Å². The molecule has 0 spiro atoms. The minimum absolute atomic E-state index is 0.218. The summed E-state index contributed by atoms with van der Waals surface area (Å²) >= 11 is 1.48. The summed E-state index contributed by atoms with van der Waals surface area (Å²) in [6, 6.07) is 5.38. The van der Waals surface area contributed by atoms with Crippen molar-refractivity contribution in [3.8, 4) is 0 Å². The smallest absolute Gasteiger partial charge is 0.407 e. The Hall–Kier alpha value is -1.70. The Kier molecular flexibility index (Phi) is 5.56. The van der Waals surface area contributed by atoms with Crippen LogP contribution in [0, 0.1) is 0 Å². The van der Waals surface area contributed by atoms with Crippen LogP contribution in [0.5, 0.6) is 0 Å². The van der Waals surface area contributed by atoms with Gasteiger partial charge in [0.2, 0.25) is 0 Å². The van der Waals surface area contributed by atoms with Crippen molar-refractivity contribution in [2.24, 2.45) is 0 Å². The molecule has 0 aliphatic heterocycles. The van der Waals surface area contributed by atoms with E-state index in [-0.39, 0.29) is 13.0 Å². The standard InChI is InChI=1S/C16H22N2O4S/c1-16(2,3)22-15(21)17-7-6-12(19)14(20)10-4-5-11-13(8-10)23-9-18-11/h4-5,8-9,12,14,19-20H,6-7H2,1-3H3,(H,17,21). The van der Waals surface area contributed by atoms with Crippen molar-refractivity contribution in [3.63, 3.8) is 0 Å². The Morgan fingerprint density at radius 2 is 2.13 bits per heavy atom. The lowest BCUT2D eigenvalue weighted by Gasteiger charge is -2.21. The van der Waals surface area contributed by atoms with Crippen LogP contribution in [0.2, 0.25) is 0 Å². The van der Waals surface area contributed by atoms with Crippen molar-refractivity contribution in [1.29, 1.82) is 0 Å². The van der Waals surface area contributed by atoms with Gasteiger partial charge in [-0.15, -0.1) is 11.3 Å². The zero-order chi connectivity index (χ0) is 17.0. The van der Waals surface area contributed by atoms with E-state index in [1.54, 1.807) is 32.3 Å². The molecular formula is C16H22N2O4S. The minimum atomic E-state index is -1.01. The Balaban J connectivity index is 1.85. The number of rotatable bonds is 5. The molecule has 2 aromatic rings. The van der Waals surface area contributed by atoms with Crippen molar-refractivity contribution >= 4 is 27.6 Å². The molecule has 1 heterocycles. The zero-order valence-electron chi connectivity index (χ0n) is 13.4. The molecule has 1 aromatic heterocycles. The number of hydrogen-bond acceptors (Lipinski definition) is 6. The van der Waals surface area contributed by atoms with Crippen LogP contribution in [0.15, 0.2) is 23.7 Å². The summed E-state index contributed by atoms with van der Waals surface area (Å²) < 4.78 is 6.06. The van der Waals surface area contributed by atoms with E-state index in [4.69, 9.17) is 4.74 Å². The van der Waals surface area contributed by atoms with Crippen molar-refractivity contribution in [3.05, 3.63) is 29.3 Å². The number of carbonyl (C=O) groups is 1. The third-order valence-corrected chi connectivity index (χ3v) is 3.96. The van der Waals surface area contributed by atoms with Crippen LogP contribution in [-0.2, 0) is 4.74 Å². The highest BCUT2D eigenvalue weighted by molar-refractivity contribution is 7.16. The van der Waals surface area contributed by atoms with Crippen LogP contribution in [0.1, 0.15) is 38.9 Å². The van der Waals surface area contributed by atoms with Gasteiger partial charge in [0, 0.05) is 6.54 Å². The van der Waals surface area contributed by atoms with E-state index in [2.05, 4.69) is 10.3 Å². The van der Waals surface area contributed by atoms with E-state index in [9.17, 15) is 15.0 Å². The molecule has 1 aromatic carbocycles. The molecule has 2 rings (SSSR count). The second-order valence-electron chi connectivity index (χ2n) is 6.31. The highest BCUT2D eigenvalue weighted by atomic mass is 32.1. The number of nitrogens with zero attached hydrogens (tertiary/aromatic N) is 1. The van der Waals surface area contributed by atoms with E-state index in [1.165, 1.54) is 11.3 Å². The molecule has 6 nitrogen and oxygen atoms in total. The van der Waals surface area contributed by atoms with Gasteiger partial charge < -0.3 is 20.3 Å². The topological polar surface area (TPSA) is 91.7 Å². The number of alkyl carbamates (subject to hydrolysis) is 1. The van der Waals surface area contributed by atoms with Gasteiger partial charge in [-0.05, 0) is 44.9 Å². The number of nitrogens with one attached hydrogen (secondary N) is 1. The SMILES string of the molecule is CC(C)(C)OC(=O)NCCC(O)C(O)c1ccc2ncsc2c1. The lowest BCUT2D eigenvalue weighted by molar-refractivity contribution is 0.0124. The number of thiazole rings is 1. The van der Waals surface area contributed by atoms with Gasteiger partial charge in [0.25, 0.3) is 0 Å². The minimum Gasteiger partial charge on any atom is -0.444 e. The first kappa shape index (κ1) is 17.7. The first-order chi connectivity index (χ1) is 10.8. The van der Waals surface area contributed by atoms with Crippen LogP contribution in [0.3, 0.4) is 0 Å². The van der Waals surface area contributed by atoms with E-state index in [0.29, 0.717) is 5.56 Å². The summed E-state index contributed by atoms with van der Waals surface area (Å²) in [6.45, 7) is 5.55. The fourth-order valence-electron chi connectivity index (χ4n) is 2.07. The molecular weight excluding hydrogens is 316 g/mol. The van der Waals surface area contributed by atoms with Crippen molar-refractivity contribution in [1.82, 2.24) is 10.3 Å². The predicted octanol–water partition coefficient (Wildman–Crippen LogP) is 2.61. The van der Waals surface area contributed by atoms with Crippen LogP contribution >= 0.6 is 11.3 Å². The van der Waals surface area contributed by atoms with Crippen LogP contribution in [-0.4, -0.2) is 39.5 Å². The van der Waals surface area contributed by atoms with Gasteiger partial charge in [0.1, 0.15) is 11.7 Å². The van der Waals surface area contributed by atoms with E-state index < -0.39 is 23.9 Å². The second kappa shape index (κ2) is 7.25. The number of ether oxygens (including phenoxy) is 1. The van der Waals surface area contributed by atoms with Crippen LogP contribution in [0.25, 0.3) is 10.2 Å². The number of benzene rings is 1. The van der Waals surface area contributed by atoms with Gasteiger partial charge in [-0.25, -0.2) is 9.78 Å². The number of fused-ring (bicyclic) bond motifs is 1. The number of hydrogen-bond donors (Lipinski definition) is 3. The predicted molar refractivity (Wildman–Crippen MR) is 89.4 cm³/mol. The number of aliphatic hydroxyl groups is 2. The molecule has 0 fully saturated rings. The zero-order valence-corrected chi connectivity index (χ0v) is 14.3. The van der Waals surface area contributed by atoms with E-state index in [1.807, 2.05) is 12.1 Å². The molecule has 0 aliphatic carbocycles. The Labute approximate surface area is 139 Å². The third-order valence-electron chi connectivity index (χ3n) is 3.17. The third kappa shape index (κ3) is 5.16. The highest BCUT2D eigenvalue weighted by Crippen LogP contribution is 2.25. The molecule has 2 atom stereocenters. The molecule has 126 valence electrons. The van der Waals surface area contributed by atoms with Gasteiger partial charge in [-0.2, -0.15) is 0 Å². The van der Waals surface area contributed by atoms with Crippen molar-refractivity contribution < 1.29 is 19.7 Å².